The summed E-state index contributed by atoms with van der Waals surface area (Å²) in [5.41, 5.74) is 4.34. The number of carbonyl (C=O) groups is 1. The fourth-order valence-electron chi connectivity index (χ4n) is 4.09. The lowest BCUT2D eigenvalue weighted by Crippen LogP contribution is -2.39. The van der Waals surface area contributed by atoms with E-state index in [2.05, 4.69) is 82.8 Å². The molecule has 0 saturated heterocycles. The first-order valence-corrected chi connectivity index (χ1v) is 13.1. The number of nitro benzene ring substituents is 1. The third-order valence-electron chi connectivity index (χ3n) is 6.25. The van der Waals surface area contributed by atoms with Crippen LogP contribution in [0.2, 0.25) is 10.0 Å². The predicted octanol–water partition coefficient (Wildman–Crippen LogP) is 7.66. The molecule has 0 unspecified atom stereocenters. The quantitative estimate of drug-likeness (QED) is 0.0876. The van der Waals surface area contributed by atoms with Crippen molar-refractivity contribution in [1.82, 2.24) is 4.68 Å². The first kappa shape index (κ1) is 29.3. The Morgan fingerprint density at radius 3 is 2.10 bits per heavy atom. The molecule has 0 N–H and O–H groups in total. The first-order valence-electron chi connectivity index (χ1n) is 12.4. The van der Waals surface area contributed by atoms with E-state index in [0.717, 1.165) is 13.2 Å². The lowest BCUT2D eigenvalue weighted by Gasteiger charge is -2.09. The summed E-state index contributed by atoms with van der Waals surface area (Å²) in [7, 11) is 5.32. The zero-order valence-corrected chi connectivity index (χ0v) is 24.0. The minimum Gasteiger partial charge on any atom is -0.465 e. The monoisotopic (exact) mass is 590 g/mol. The van der Waals surface area contributed by atoms with E-state index in [-0.39, 0.29) is 22.0 Å². The molecule has 0 atom stereocenters. The van der Waals surface area contributed by atoms with Crippen LogP contribution in [-0.4, -0.2) is 22.7 Å². The topological polar surface area (TPSA) is 87.5 Å². The Bertz CT molecular complexity index is 1630. The number of hydrogen-bond acceptors (Lipinski definition) is 5. The highest BCUT2D eigenvalue weighted by molar-refractivity contribution is 6.35. The highest BCUT2D eigenvalue weighted by Gasteiger charge is 2.22. The van der Waals surface area contributed by atoms with Crippen LogP contribution in [0.3, 0.4) is 0 Å². The SMILES string of the molecule is COC(=O)c1cc(Oc2ccc(Cl)cc2Cl)ccc1[N+](=O)[O-].Cn1c(-c2ccccc2)cc(-c2ccccc2)[n+]1C. The van der Waals surface area contributed by atoms with Crippen molar-refractivity contribution in [2.75, 3.05) is 7.11 Å². The van der Waals surface area contributed by atoms with Gasteiger partial charge in [-0.3, -0.25) is 10.1 Å². The minimum absolute atomic E-state index is 0.204. The molecule has 10 heteroatoms. The van der Waals surface area contributed by atoms with E-state index in [9.17, 15) is 14.9 Å². The molecule has 5 aromatic rings. The van der Waals surface area contributed by atoms with Gasteiger partial charge in [-0.05, 0) is 36.4 Å². The Hall–Kier alpha value is -4.66. The molecular weight excluding hydrogens is 565 g/mol. The van der Waals surface area contributed by atoms with Crippen molar-refractivity contribution >= 4 is 34.9 Å². The molecular formula is C31H26Cl2N3O5+. The fourth-order valence-corrected chi connectivity index (χ4v) is 4.54. The molecule has 208 valence electrons. The van der Waals surface area contributed by atoms with Gasteiger partial charge < -0.3 is 9.47 Å². The number of aromatic nitrogens is 2. The molecule has 8 nitrogen and oxygen atoms in total. The highest BCUT2D eigenvalue weighted by Crippen LogP contribution is 2.33. The average molecular weight is 591 g/mol. The van der Waals surface area contributed by atoms with Crippen LogP contribution in [0.4, 0.5) is 5.69 Å². The average Bonchev–Trinajstić information content (AvgIpc) is 3.29. The first-order chi connectivity index (χ1) is 19.7. The molecule has 4 aromatic carbocycles. The summed E-state index contributed by atoms with van der Waals surface area (Å²) in [6.07, 6.45) is 0. The summed E-state index contributed by atoms with van der Waals surface area (Å²) in [4.78, 5) is 21.9. The van der Waals surface area contributed by atoms with Crippen LogP contribution in [0, 0.1) is 10.1 Å². The molecule has 1 heterocycles. The van der Waals surface area contributed by atoms with Crippen molar-refractivity contribution in [3.8, 4) is 34.0 Å². The minimum atomic E-state index is -0.834. The van der Waals surface area contributed by atoms with E-state index in [0.29, 0.717) is 10.8 Å². The molecule has 1 aromatic heterocycles. The van der Waals surface area contributed by atoms with Gasteiger partial charge in [-0.1, -0.05) is 71.7 Å². The van der Waals surface area contributed by atoms with Gasteiger partial charge in [0.05, 0.1) is 24.1 Å². The summed E-state index contributed by atoms with van der Waals surface area (Å²) in [6.45, 7) is 0. The second-order valence-electron chi connectivity index (χ2n) is 8.80. The molecule has 0 radical (unpaired) electrons. The normalized spacial score (nSPS) is 10.4. The number of hydrogen-bond donors (Lipinski definition) is 0. The Balaban J connectivity index is 0.000000191. The highest BCUT2D eigenvalue weighted by atomic mass is 35.5. The molecule has 0 fully saturated rings. The molecule has 0 amide bonds. The van der Waals surface area contributed by atoms with Gasteiger partial charge in [0.1, 0.15) is 22.8 Å². The zero-order valence-electron chi connectivity index (χ0n) is 22.5. The van der Waals surface area contributed by atoms with Gasteiger partial charge in [-0.25, -0.2) is 4.79 Å². The van der Waals surface area contributed by atoms with Gasteiger partial charge in [0.2, 0.25) is 5.69 Å². The Kier molecular flexibility index (Phi) is 9.39. The second-order valence-corrected chi connectivity index (χ2v) is 9.64. The standard InChI is InChI=1S/C17H17N2.C14H9Cl2NO5/c1-18-16(14-9-5-3-6-10-14)13-17(19(18)2)15-11-7-4-8-12-15;1-21-14(18)10-7-9(3-4-12(10)17(19)20)22-13-5-2-8(15)6-11(13)16/h3-13H,1-2H3;2-7H,1H3/q+1;. The molecule has 0 aliphatic heterocycles. The van der Waals surface area contributed by atoms with E-state index >= 15 is 0 Å². The summed E-state index contributed by atoms with van der Waals surface area (Å²) < 4.78 is 14.4. The summed E-state index contributed by atoms with van der Waals surface area (Å²) in [5.74, 6) is -0.328. The van der Waals surface area contributed by atoms with Crippen LogP contribution >= 0.6 is 23.2 Å². The molecule has 5 rings (SSSR count). The van der Waals surface area contributed by atoms with Crippen molar-refractivity contribution in [2.24, 2.45) is 14.1 Å². The van der Waals surface area contributed by atoms with Crippen LogP contribution in [-0.2, 0) is 18.8 Å². The van der Waals surface area contributed by atoms with Gasteiger partial charge in [-0.2, -0.15) is 4.68 Å². The predicted molar refractivity (Wildman–Crippen MR) is 158 cm³/mol. The van der Waals surface area contributed by atoms with Crippen molar-refractivity contribution in [2.45, 2.75) is 0 Å². The Morgan fingerprint density at radius 1 is 0.878 bits per heavy atom. The number of methoxy groups -OCH3 is 1. The molecule has 0 spiro atoms. The molecule has 0 aliphatic rings. The third kappa shape index (κ3) is 6.92. The molecule has 0 aliphatic carbocycles. The molecule has 0 saturated carbocycles. The number of nitro groups is 1. The van der Waals surface area contributed by atoms with Crippen molar-refractivity contribution < 1.29 is 23.9 Å². The van der Waals surface area contributed by atoms with E-state index in [1.165, 1.54) is 40.7 Å². The number of carbonyl (C=O) groups excluding carboxylic acids is 1. The number of esters is 1. The van der Waals surface area contributed by atoms with E-state index < -0.39 is 10.9 Å². The van der Waals surface area contributed by atoms with Gasteiger partial charge in [0.15, 0.2) is 7.05 Å². The lowest BCUT2D eigenvalue weighted by atomic mass is 10.1. The van der Waals surface area contributed by atoms with Crippen LogP contribution in [0.5, 0.6) is 11.5 Å². The largest absolute Gasteiger partial charge is 0.465 e. The second kappa shape index (κ2) is 13.1. The van der Waals surface area contributed by atoms with Crippen molar-refractivity contribution in [3.05, 3.63) is 129 Å². The maximum atomic E-state index is 11.6. The fraction of sp³-hybridized carbons (Fsp3) is 0.0968. The van der Waals surface area contributed by atoms with Crippen LogP contribution in [0.15, 0.2) is 103 Å². The van der Waals surface area contributed by atoms with Crippen molar-refractivity contribution in [1.29, 1.82) is 0 Å². The summed E-state index contributed by atoms with van der Waals surface area (Å²) in [6, 6.07) is 31.5. The zero-order chi connectivity index (χ0) is 29.5. The third-order valence-corrected chi connectivity index (χ3v) is 6.78. The van der Waals surface area contributed by atoms with E-state index in [1.54, 1.807) is 12.1 Å². The molecule has 41 heavy (non-hydrogen) atoms. The number of nitrogens with zero attached hydrogens (tertiary/aromatic N) is 3. The summed E-state index contributed by atoms with van der Waals surface area (Å²) in [5, 5.41) is 11.6. The molecule has 0 bridgehead atoms. The number of benzene rings is 4. The Labute approximate surface area is 247 Å². The van der Waals surface area contributed by atoms with E-state index in [1.807, 2.05) is 12.1 Å². The van der Waals surface area contributed by atoms with Crippen LogP contribution in [0.25, 0.3) is 22.5 Å². The lowest BCUT2D eigenvalue weighted by molar-refractivity contribution is -0.740. The maximum Gasteiger partial charge on any atom is 0.345 e. The number of ether oxygens (including phenoxy) is 2. The summed E-state index contributed by atoms with van der Waals surface area (Å²) >= 11 is 11.8. The number of rotatable bonds is 6. The Morgan fingerprint density at radius 2 is 1.51 bits per heavy atom. The van der Waals surface area contributed by atoms with Crippen LogP contribution in [0.1, 0.15) is 10.4 Å². The van der Waals surface area contributed by atoms with Gasteiger partial charge in [0, 0.05) is 34.3 Å². The smallest absolute Gasteiger partial charge is 0.345 e. The van der Waals surface area contributed by atoms with Crippen molar-refractivity contribution in [3.63, 3.8) is 0 Å². The van der Waals surface area contributed by atoms with Crippen LogP contribution < -0.4 is 9.42 Å². The number of halogens is 2. The van der Waals surface area contributed by atoms with Gasteiger partial charge in [0.25, 0.3) is 5.69 Å². The van der Waals surface area contributed by atoms with Gasteiger partial charge in [-0.15, -0.1) is 4.68 Å². The van der Waals surface area contributed by atoms with Gasteiger partial charge >= 0.3 is 5.97 Å². The maximum absolute atomic E-state index is 11.6. The van der Waals surface area contributed by atoms with E-state index in [4.69, 9.17) is 27.9 Å².